The zero-order valence-electron chi connectivity index (χ0n) is 20.9. The summed E-state index contributed by atoms with van der Waals surface area (Å²) in [5.74, 6) is 0. The summed E-state index contributed by atoms with van der Waals surface area (Å²) in [6.45, 7) is 7.93. The molecule has 1 amide bonds. The number of anilines is 1. The fourth-order valence-corrected chi connectivity index (χ4v) is 3.48. The van der Waals surface area contributed by atoms with Crippen LogP contribution >= 0.6 is 0 Å². The largest absolute Gasteiger partial charge is 0.449 e. The fraction of sp³-hybridized carbons (Fsp3) is 0.667. The number of carbonyl (C=O) groups is 1. The molecule has 1 aromatic carbocycles. The lowest BCUT2D eigenvalue weighted by Crippen LogP contribution is -2.48. The lowest BCUT2D eigenvalue weighted by molar-refractivity contribution is -0.401. The van der Waals surface area contributed by atoms with Gasteiger partial charge in [-0.15, -0.1) is 0 Å². The number of hydrogen-bond acceptors (Lipinski definition) is 11. The van der Waals surface area contributed by atoms with Crippen LogP contribution in [0.25, 0.3) is 0 Å². The van der Waals surface area contributed by atoms with Crippen LogP contribution in [-0.4, -0.2) is 63.4 Å². The minimum Gasteiger partial charge on any atom is -0.449 e. The van der Waals surface area contributed by atoms with Crippen LogP contribution in [0.5, 0.6) is 0 Å². The van der Waals surface area contributed by atoms with Gasteiger partial charge in [-0.2, -0.15) is 0 Å². The van der Waals surface area contributed by atoms with Crippen LogP contribution in [0.3, 0.4) is 0 Å². The second-order valence-electron chi connectivity index (χ2n) is 8.85. The van der Waals surface area contributed by atoms with Gasteiger partial charge in [0.1, 0.15) is 0 Å². The van der Waals surface area contributed by atoms with Gasteiger partial charge in [0.15, 0.2) is 5.69 Å². The first kappa shape index (κ1) is 30.4. The maximum Gasteiger partial charge on any atom is 0.407 e. The molecule has 0 spiro atoms. The van der Waals surface area contributed by atoms with E-state index in [1.165, 1.54) is 0 Å². The number of non-ortho nitro benzene ring substituents is 1. The van der Waals surface area contributed by atoms with Crippen LogP contribution in [0.15, 0.2) is 12.1 Å². The summed E-state index contributed by atoms with van der Waals surface area (Å²) in [6, 6.07) is 1.37. The van der Waals surface area contributed by atoms with Gasteiger partial charge in [0, 0.05) is 31.6 Å². The van der Waals surface area contributed by atoms with E-state index in [-0.39, 0.29) is 19.7 Å². The number of benzene rings is 1. The van der Waals surface area contributed by atoms with Gasteiger partial charge in [0.25, 0.3) is 5.69 Å². The molecule has 0 fully saturated rings. The Bertz CT molecular complexity index is 909. The van der Waals surface area contributed by atoms with Crippen molar-refractivity contribution < 1.29 is 29.4 Å². The molecule has 1 aromatic rings. The molecule has 0 aliphatic heterocycles. The van der Waals surface area contributed by atoms with Crippen molar-refractivity contribution in [3.8, 4) is 0 Å². The average molecular weight is 515 g/mol. The number of amides is 1. The van der Waals surface area contributed by atoms with Crippen molar-refractivity contribution in [1.82, 2.24) is 10.6 Å². The standard InChI is InChI=1S/C21H34N6O9/c1-5-21(6-2,24-11-10-23-19(28)36-12-8-20(3,4)29)7-9-22-18-16(26(32)33)13-15(25(30)31)14-17(18)27(34)35/h13-14,22,24,29H,5-12H2,1-4H3,(H,23,28). The molecule has 1 rings (SSSR count). The number of ether oxygens (including phenoxy) is 1. The summed E-state index contributed by atoms with van der Waals surface area (Å²) in [5, 5.41) is 52.2. The van der Waals surface area contributed by atoms with Crippen molar-refractivity contribution in [3.05, 3.63) is 42.5 Å². The van der Waals surface area contributed by atoms with E-state index in [1.54, 1.807) is 13.8 Å². The topological polar surface area (TPSA) is 212 Å². The van der Waals surface area contributed by atoms with Gasteiger partial charge in [-0.25, -0.2) is 4.79 Å². The second-order valence-corrected chi connectivity index (χ2v) is 8.85. The summed E-state index contributed by atoms with van der Waals surface area (Å²) < 4.78 is 5.00. The molecule has 4 N–H and O–H groups in total. The van der Waals surface area contributed by atoms with Gasteiger partial charge in [0.2, 0.25) is 0 Å². The van der Waals surface area contributed by atoms with E-state index < -0.39 is 54.8 Å². The van der Waals surface area contributed by atoms with E-state index in [2.05, 4.69) is 16.0 Å². The molecule has 0 unspecified atom stereocenters. The van der Waals surface area contributed by atoms with Crippen LogP contribution in [0.1, 0.15) is 53.4 Å². The molecular weight excluding hydrogens is 480 g/mol. The highest BCUT2D eigenvalue weighted by molar-refractivity contribution is 5.77. The van der Waals surface area contributed by atoms with Crippen LogP contribution in [0.4, 0.5) is 27.5 Å². The van der Waals surface area contributed by atoms with Gasteiger partial charge in [0.05, 0.1) is 39.1 Å². The zero-order chi connectivity index (χ0) is 27.5. The Morgan fingerprint density at radius 3 is 1.94 bits per heavy atom. The summed E-state index contributed by atoms with van der Waals surface area (Å²) in [6.07, 6.45) is 1.42. The number of nitro groups is 3. The molecule has 36 heavy (non-hydrogen) atoms. The third kappa shape index (κ3) is 9.58. The molecule has 0 saturated heterocycles. The smallest absolute Gasteiger partial charge is 0.407 e. The van der Waals surface area contributed by atoms with Crippen molar-refractivity contribution in [1.29, 1.82) is 0 Å². The SMILES string of the molecule is CCC(CC)(CCNc1c([N+](=O)[O-])cc([N+](=O)[O-])cc1[N+](=O)[O-])NCCNC(=O)OCCC(C)(C)O. The van der Waals surface area contributed by atoms with Crippen molar-refractivity contribution in [2.75, 3.05) is 31.6 Å². The molecule has 0 heterocycles. The van der Waals surface area contributed by atoms with E-state index >= 15 is 0 Å². The van der Waals surface area contributed by atoms with Crippen molar-refractivity contribution in [2.24, 2.45) is 0 Å². The van der Waals surface area contributed by atoms with E-state index in [9.17, 15) is 40.2 Å². The number of aliphatic hydroxyl groups is 1. The first-order valence-corrected chi connectivity index (χ1v) is 11.5. The fourth-order valence-electron chi connectivity index (χ4n) is 3.48. The van der Waals surface area contributed by atoms with Crippen LogP contribution in [0.2, 0.25) is 0 Å². The van der Waals surface area contributed by atoms with E-state index in [0.717, 1.165) is 0 Å². The van der Waals surface area contributed by atoms with Gasteiger partial charge >= 0.3 is 17.5 Å². The maximum atomic E-state index is 11.8. The van der Waals surface area contributed by atoms with Crippen LogP contribution < -0.4 is 16.0 Å². The predicted octanol–water partition coefficient (Wildman–Crippen LogP) is 3.25. The normalized spacial score (nSPS) is 11.6. The zero-order valence-corrected chi connectivity index (χ0v) is 20.9. The minimum absolute atomic E-state index is 0.0726. The molecule has 0 atom stereocenters. The Balaban J connectivity index is 2.77. The molecule has 0 radical (unpaired) electrons. The van der Waals surface area contributed by atoms with E-state index in [1.807, 2.05) is 13.8 Å². The van der Waals surface area contributed by atoms with Crippen LogP contribution in [0, 0.1) is 30.3 Å². The Morgan fingerprint density at radius 2 is 1.50 bits per heavy atom. The molecule has 0 saturated carbocycles. The third-order valence-electron chi connectivity index (χ3n) is 5.79. The average Bonchev–Trinajstić information content (AvgIpc) is 2.79. The maximum absolute atomic E-state index is 11.8. The van der Waals surface area contributed by atoms with Crippen LogP contribution in [-0.2, 0) is 4.74 Å². The Labute approximate surface area is 208 Å². The predicted molar refractivity (Wildman–Crippen MR) is 131 cm³/mol. The minimum atomic E-state index is -0.937. The lowest BCUT2D eigenvalue weighted by Gasteiger charge is -2.33. The molecule has 0 aromatic heterocycles. The second kappa shape index (κ2) is 13.5. The molecular formula is C21H34N6O9. The lowest BCUT2D eigenvalue weighted by atomic mass is 9.89. The highest BCUT2D eigenvalue weighted by Crippen LogP contribution is 2.38. The summed E-state index contributed by atoms with van der Waals surface area (Å²) in [7, 11) is 0. The molecule has 15 heteroatoms. The van der Waals surface area contributed by atoms with Crippen molar-refractivity contribution >= 4 is 28.8 Å². The molecule has 202 valence electrons. The Hall–Kier alpha value is -3.59. The number of nitrogens with one attached hydrogen (secondary N) is 3. The highest BCUT2D eigenvalue weighted by atomic mass is 16.6. The number of rotatable bonds is 16. The monoisotopic (exact) mass is 514 g/mol. The number of hydrogen-bond donors (Lipinski definition) is 4. The summed E-state index contributed by atoms with van der Waals surface area (Å²) in [5.41, 5.74) is -4.03. The highest BCUT2D eigenvalue weighted by Gasteiger charge is 2.31. The molecule has 0 aliphatic carbocycles. The van der Waals surface area contributed by atoms with Crippen molar-refractivity contribution in [3.63, 3.8) is 0 Å². The van der Waals surface area contributed by atoms with Crippen molar-refractivity contribution in [2.45, 2.75) is 64.5 Å². The van der Waals surface area contributed by atoms with Gasteiger partial charge in [-0.05, 0) is 33.1 Å². The molecule has 0 aliphatic rings. The Morgan fingerprint density at radius 1 is 0.944 bits per heavy atom. The number of nitrogens with zero attached hydrogens (tertiary/aromatic N) is 3. The van der Waals surface area contributed by atoms with Gasteiger partial charge < -0.3 is 25.8 Å². The quantitative estimate of drug-likeness (QED) is 0.143. The Kier molecular flexibility index (Phi) is 11.4. The molecule has 15 nitrogen and oxygen atoms in total. The van der Waals surface area contributed by atoms with E-state index in [4.69, 9.17) is 4.74 Å². The number of carbonyl (C=O) groups excluding carboxylic acids is 1. The van der Waals surface area contributed by atoms with Gasteiger partial charge in [-0.3, -0.25) is 30.3 Å². The first-order chi connectivity index (χ1) is 16.7. The summed E-state index contributed by atoms with van der Waals surface area (Å²) >= 11 is 0. The number of nitro benzene ring substituents is 3. The third-order valence-corrected chi connectivity index (χ3v) is 5.79. The first-order valence-electron chi connectivity index (χ1n) is 11.5. The number of alkyl carbamates (subject to hydrolysis) is 1. The van der Waals surface area contributed by atoms with Gasteiger partial charge in [-0.1, -0.05) is 13.8 Å². The molecule has 0 bridgehead atoms. The van der Waals surface area contributed by atoms with E-state index in [0.29, 0.717) is 44.4 Å². The summed E-state index contributed by atoms with van der Waals surface area (Å²) in [4.78, 5) is 42.9.